The molecule has 0 radical (unpaired) electrons. The molecule has 1 N–H and O–H groups in total. The van der Waals surface area contributed by atoms with Gasteiger partial charge in [-0.1, -0.05) is 13.8 Å². The van der Waals surface area contributed by atoms with Crippen LogP contribution in [0.25, 0.3) is 0 Å². The van der Waals surface area contributed by atoms with E-state index in [2.05, 4.69) is 5.32 Å². The summed E-state index contributed by atoms with van der Waals surface area (Å²) in [7, 11) is 0. The monoisotopic (exact) mass is 314 g/mol. The Morgan fingerprint density at radius 3 is 2.67 bits per heavy atom. The van der Waals surface area contributed by atoms with E-state index in [-0.39, 0.29) is 17.2 Å². The highest BCUT2D eigenvalue weighted by Gasteiger charge is 2.24. The molecule has 1 aromatic carbocycles. The molecular weight excluding hydrogens is 294 g/mol. The van der Waals surface area contributed by atoms with Crippen LogP contribution in [0.3, 0.4) is 0 Å². The molecule has 0 spiro atoms. The van der Waals surface area contributed by atoms with E-state index in [0.29, 0.717) is 24.9 Å². The summed E-state index contributed by atoms with van der Waals surface area (Å²) in [6.45, 7) is 5.68. The second kappa shape index (κ2) is 7.11. The van der Waals surface area contributed by atoms with Crippen molar-refractivity contribution in [1.82, 2.24) is 4.90 Å². The maximum Gasteiger partial charge on any atom is 0.254 e. The lowest BCUT2D eigenvalue weighted by Gasteiger charge is -2.30. The van der Waals surface area contributed by atoms with E-state index >= 15 is 0 Å². The van der Waals surface area contributed by atoms with Gasteiger partial charge in [-0.2, -0.15) is 11.8 Å². The van der Waals surface area contributed by atoms with Crippen molar-refractivity contribution >= 4 is 23.4 Å². The first-order valence-electron chi connectivity index (χ1n) is 7.16. The van der Waals surface area contributed by atoms with Crippen molar-refractivity contribution in [3.63, 3.8) is 0 Å². The smallest absolute Gasteiger partial charge is 0.254 e. The van der Waals surface area contributed by atoms with Gasteiger partial charge in [0.05, 0.1) is 0 Å². The number of carbonyl (C=O) groups is 1. The van der Waals surface area contributed by atoms with E-state index in [1.54, 1.807) is 16.7 Å². The average molecular weight is 314 g/mol. The van der Waals surface area contributed by atoms with Gasteiger partial charge in [-0.05, 0) is 18.6 Å². The van der Waals surface area contributed by atoms with Gasteiger partial charge < -0.3 is 10.2 Å². The Morgan fingerprint density at radius 2 is 2.10 bits per heavy atom. The summed E-state index contributed by atoms with van der Waals surface area (Å²) in [6.07, 6.45) is 0.767. The van der Waals surface area contributed by atoms with Crippen molar-refractivity contribution in [2.24, 2.45) is 0 Å². The van der Waals surface area contributed by atoms with Crippen LogP contribution in [0.2, 0.25) is 0 Å². The highest BCUT2D eigenvalue weighted by atomic mass is 32.2. The number of thioether (sulfide) groups is 1. The number of amides is 1. The summed E-state index contributed by atoms with van der Waals surface area (Å²) in [5.74, 6) is -0.881. The highest BCUT2D eigenvalue weighted by Crippen LogP contribution is 2.24. The first-order valence-corrected chi connectivity index (χ1v) is 8.21. The van der Waals surface area contributed by atoms with Crippen molar-refractivity contribution in [2.75, 3.05) is 30.7 Å². The Balaban J connectivity index is 2.18. The van der Waals surface area contributed by atoms with Crippen molar-refractivity contribution in [2.45, 2.75) is 25.5 Å². The summed E-state index contributed by atoms with van der Waals surface area (Å²) in [5, 5.41) is 3.06. The molecule has 1 saturated heterocycles. The normalized spacial score (nSPS) is 18.7. The van der Waals surface area contributed by atoms with Crippen molar-refractivity contribution < 1.29 is 13.6 Å². The molecule has 1 aromatic rings. The van der Waals surface area contributed by atoms with Crippen LogP contribution in [-0.2, 0) is 0 Å². The van der Waals surface area contributed by atoms with Crippen LogP contribution < -0.4 is 5.32 Å². The predicted octanol–water partition coefficient (Wildman–Crippen LogP) is 3.36. The number of carbonyl (C=O) groups excluding carboxylic acids is 1. The number of nitrogens with zero attached hydrogens (tertiary/aromatic N) is 1. The fourth-order valence-corrected chi connectivity index (χ4v) is 3.31. The molecule has 1 aliphatic rings. The third-order valence-electron chi connectivity index (χ3n) is 3.37. The molecular formula is C15H20F2N2OS. The third-order valence-corrected chi connectivity index (χ3v) is 4.51. The van der Waals surface area contributed by atoms with Crippen LogP contribution in [-0.4, -0.2) is 41.4 Å². The van der Waals surface area contributed by atoms with E-state index in [1.165, 1.54) is 0 Å². The largest absolute Gasteiger partial charge is 0.380 e. The number of rotatable bonds is 4. The second-order valence-corrected chi connectivity index (χ2v) is 6.72. The van der Waals surface area contributed by atoms with Gasteiger partial charge in [-0.25, -0.2) is 8.78 Å². The summed E-state index contributed by atoms with van der Waals surface area (Å²) in [5.41, 5.74) is -0.0814. The van der Waals surface area contributed by atoms with Gasteiger partial charge in [0.15, 0.2) is 0 Å². The SMILES string of the molecule is CCCNc1c(F)cc(C(=O)N2CCSC(C)C2)cc1F. The minimum Gasteiger partial charge on any atom is -0.380 e. The number of benzene rings is 1. The second-order valence-electron chi connectivity index (χ2n) is 5.17. The van der Waals surface area contributed by atoms with Crippen molar-refractivity contribution in [3.05, 3.63) is 29.3 Å². The molecule has 0 aliphatic carbocycles. The zero-order chi connectivity index (χ0) is 15.4. The summed E-state index contributed by atoms with van der Waals surface area (Å²) in [4.78, 5) is 14.0. The number of nitrogens with one attached hydrogen (secondary N) is 1. The van der Waals surface area contributed by atoms with Crippen LogP contribution in [0.1, 0.15) is 30.6 Å². The van der Waals surface area contributed by atoms with Crippen molar-refractivity contribution in [1.29, 1.82) is 0 Å². The molecule has 21 heavy (non-hydrogen) atoms. The molecule has 2 rings (SSSR count). The highest BCUT2D eigenvalue weighted by molar-refractivity contribution is 7.99. The van der Waals surface area contributed by atoms with Gasteiger partial charge >= 0.3 is 0 Å². The number of hydrogen-bond donors (Lipinski definition) is 1. The number of anilines is 1. The lowest BCUT2D eigenvalue weighted by molar-refractivity contribution is 0.0762. The van der Waals surface area contributed by atoms with Crippen LogP contribution in [0.15, 0.2) is 12.1 Å². The van der Waals surface area contributed by atoms with Gasteiger partial charge in [0.1, 0.15) is 17.3 Å². The van der Waals surface area contributed by atoms with Gasteiger partial charge in [0.2, 0.25) is 0 Å². The molecule has 1 aliphatic heterocycles. The Bertz CT molecular complexity index is 501. The molecule has 1 fully saturated rings. The summed E-state index contributed by atoms with van der Waals surface area (Å²) >= 11 is 1.80. The topological polar surface area (TPSA) is 32.3 Å². The van der Waals surface area contributed by atoms with Crippen LogP contribution in [0.4, 0.5) is 14.5 Å². The molecule has 1 unspecified atom stereocenters. The Labute approximate surface area is 128 Å². The van der Waals surface area contributed by atoms with Gasteiger partial charge in [0, 0.05) is 36.2 Å². The number of halogens is 2. The lowest BCUT2D eigenvalue weighted by atomic mass is 10.1. The van der Waals surface area contributed by atoms with E-state index in [4.69, 9.17) is 0 Å². The van der Waals surface area contributed by atoms with Crippen LogP contribution in [0, 0.1) is 11.6 Å². The molecule has 1 heterocycles. The van der Waals surface area contributed by atoms with Crippen LogP contribution >= 0.6 is 11.8 Å². The first-order chi connectivity index (χ1) is 10.0. The minimum atomic E-state index is -0.716. The summed E-state index contributed by atoms with van der Waals surface area (Å²) in [6, 6.07) is 2.24. The predicted molar refractivity (Wildman–Crippen MR) is 83.0 cm³/mol. The molecule has 116 valence electrons. The standard InChI is InChI=1S/C15H20F2N2OS/c1-3-4-18-14-12(16)7-11(8-13(14)17)15(20)19-5-6-21-10(2)9-19/h7-8,10,18H,3-6,9H2,1-2H3. The summed E-state index contributed by atoms with van der Waals surface area (Å²) < 4.78 is 27.9. The average Bonchev–Trinajstić information content (AvgIpc) is 2.45. The van der Waals surface area contributed by atoms with Crippen LogP contribution in [0.5, 0.6) is 0 Å². The first kappa shape index (κ1) is 16.1. The minimum absolute atomic E-state index is 0.0751. The van der Waals surface area contributed by atoms with E-state index < -0.39 is 11.6 Å². The Hall–Kier alpha value is -1.30. The Kier molecular flexibility index (Phi) is 5.45. The lowest BCUT2D eigenvalue weighted by Crippen LogP contribution is -2.41. The van der Waals surface area contributed by atoms with Gasteiger partial charge in [-0.3, -0.25) is 4.79 Å². The maximum atomic E-state index is 14.0. The van der Waals surface area contributed by atoms with E-state index in [0.717, 1.165) is 24.3 Å². The van der Waals surface area contributed by atoms with E-state index in [9.17, 15) is 13.6 Å². The molecule has 0 aromatic heterocycles. The molecule has 6 heteroatoms. The zero-order valence-electron chi connectivity index (χ0n) is 12.3. The molecule has 3 nitrogen and oxygen atoms in total. The van der Waals surface area contributed by atoms with E-state index in [1.807, 2.05) is 13.8 Å². The third kappa shape index (κ3) is 3.87. The molecule has 0 bridgehead atoms. The molecule has 1 amide bonds. The quantitative estimate of drug-likeness (QED) is 0.925. The molecule has 1 atom stereocenters. The van der Waals surface area contributed by atoms with Crippen molar-refractivity contribution in [3.8, 4) is 0 Å². The maximum absolute atomic E-state index is 14.0. The van der Waals surface area contributed by atoms with Gasteiger partial charge in [0.25, 0.3) is 5.91 Å². The Morgan fingerprint density at radius 1 is 1.43 bits per heavy atom. The fourth-order valence-electron chi connectivity index (χ4n) is 2.30. The molecule has 0 saturated carbocycles. The fraction of sp³-hybridized carbons (Fsp3) is 0.533. The zero-order valence-corrected chi connectivity index (χ0v) is 13.1. The van der Waals surface area contributed by atoms with Gasteiger partial charge in [-0.15, -0.1) is 0 Å². The number of hydrogen-bond acceptors (Lipinski definition) is 3.